The van der Waals surface area contributed by atoms with Crippen molar-refractivity contribution >= 4 is 5.97 Å². The first-order valence-corrected chi connectivity index (χ1v) is 11.6. The molecule has 0 atom stereocenters. The Kier molecular flexibility index (Phi) is 5.11. The summed E-state index contributed by atoms with van der Waals surface area (Å²) in [6.45, 7) is 0. The lowest BCUT2D eigenvalue weighted by atomic mass is 9.88. The largest absolute Gasteiger partial charge is 0.478 e. The molecule has 3 aromatic heterocycles. The number of aromatic nitrogens is 3. The zero-order valence-corrected chi connectivity index (χ0v) is 19.1. The number of benzene rings is 1. The second-order valence-electron chi connectivity index (χ2n) is 9.47. The molecule has 0 bridgehead atoms. The van der Waals surface area contributed by atoms with Gasteiger partial charge in [-0.25, -0.2) is 18.6 Å². The van der Waals surface area contributed by atoms with E-state index in [9.17, 15) is 18.7 Å². The van der Waals surface area contributed by atoms with Crippen LogP contribution in [0.25, 0.3) is 22.5 Å². The van der Waals surface area contributed by atoms with Crippen LogP contribution < -0.4 is 10.5 Å². The maximum Gasteiger partial charge on any atom is 0.337 e. The van der Waals surface area contributed by atoms with Crippen molar-refractivity contribution in [3.63, 3.8) is 0 Å². The summed E-state index contributed by atoms with van der Waals surface area (Å²) in [6, 6.07) is 8.31. The monoisotopic (exact) mass is 488 g/mol. The van der Waals surface area contributed by atoms with Crippen LogP contribution in [0, 0.1) is 11.6 Å². The van der Waals surface area contributed by atoms with Crippen molar-refractivity contribution in [2.75, 3.05) is 0 Å². The van der Waals surface area contributed by atoms with Crippen molar-refractivity contribution in [2.24, 2.45) is 5.73 Å². The molecule has 3 heterocycles. The SMILES string of the molecule is NC1(Cc2[nH]c3c(c2C(=O)O)CCc2cnc(-c4ccc(Oc5ccc(F)cc5F)nc4)cc2-3)CC1. The van der Waals surface area contributed by atoms with E-state index in [0.29, 0.717) is 41.8 Å². The first-order chi connectivity index (χ1) is 17.3. The summed E-state index contributed by atoms with van der Waals surface area (Å²) in [6.07, 6.45) is 6.96. The topological polar surface area (TPSA) is 114 Å². The van der Waals surface area contributed by atoms with E-state index >= 15 is 0 Å². The highest BCUT2D eigenvalue weighted by Crippen LogP contribution is 2.41. The molecule has 1 saturated carbocycles. The Bertz CT molecular complexity index is 1510. The van der Waals surface area contributed by atoms with Gasteiger partial charge in [0.25, 0.3) is 0 Å². The van der Waals surface area contributed by atoms with Crippen molar-refractivity contribution in [1.29, 1.82) is 0 Å². The number of hydrogen-bond donors (Lipinski definition) is 3. The maximum absolute atomic E-state index is 13.9. The smallest absolute Gasteiger partial charge is 0.337 e. The predicted octanol–water partition coefficient (Wildman–Crippen LogP) is 5.04. The van der Waals surface area contributed by atoms with Gasteiger partial charge in [0.05, 0.1) is 17.0 Å². The number of carboxylic acid groups (broad SMARTS) is 1. The van der Waals surface area contributed by atoms with E-state index < -0.39 is 17.6 Å². The highest BCUT2D eigenvalue weighted by Gasteiger charge is 2.40. The zero-order valence-electron chi connectivity index (χ0n) is 19.1. The second kappa shape index (κ2) is 8.23. The Morgan fingerprint density at radius 2 is 1.94 bits per heavy atom. The molecule has 0 radical (unpaired) electrons. The average molecular weight is 488 g/mol. The summed E-state index contributed by atoms with van der Waals surface area (Å²) in [5, 5.41) is 9.94. The Morgan fingerprint density at radius 1 is 1.11 bits per heavy atom. The molecule has 9 heteroatoms. The van der Waals surface area contributed by atoms with Gasteiger partial charge in [0.15, 0.2) is 11.6 Å². The molecule has 0 spiro atoms. The molecule has 0 amide bonds. The standard InChI is InChI=1S/C27H22F2N4O3/c28-16-3-5-22(19(29)9-16)36-23-6-2-15(13-32-23)20-10-18-14(12-31-20)1-4-17-24(26(34)35)21(33-25(17)18)11-27(30)7-8-27/h2-3,5-6,9-10,12-13,33H,1,4,7-8,11,30H2,(H,34,35). The number of nitrogens with one attached hydrogen (secondary N) is 1. The Labute approximate surface area is 205 Å². The lowest BCUT2D eigenvalue weighted by Crippen LogP contribution is -2.25. The second-order valence-corrected chi connectivity index (χ2v) is 9.47. The summed E-state index contributed by atoms with van der Waals surface area (Å²) in [5.41, 5.74) is 11.9. The number of nitrogens with zero attached hydrogens (tertiary/aromatic N) is 2. The minimum Gasteiger partial charge on any atom is -0.478 e. The molecule has 0 saturated heterocycles. The van der Waals surface area contributed by atoms with E-state index in [1.807, 2.05) is 6.07 Å². The normalized spacial score (nSPS) is 15.2. The summed E-state index contributed by atoms with van der Waals surface area (Å²) >= 11 is 0. The van der Waals surface area contributed by atoms with Crippen molar-refractivity contribution in [3.05, 3.63) is 82.8 Å². The first kappa shape index (κ1) is 22.4. The van der Waals surface area contributed by atoms with Crippen molar-refractivity contribution in [3.8, 4) is 34.1 Å². The van der Waals surface area contributed by atoms with E-state index in [1.165, 1.54) is 6.07 Å². The van der Waals surface area contributed by atoms with Gasteiger partial charge >= 0.3 is 5.97 Å². The molecule has 4 N–H and O–H groups in total. The van der Waals surface area contributed by atoms with Crippen LogP contribution in [-0.4, -0.2) is 31.6 Å². The minimum absolute atomic E-state index is 0.127. The number of pyridine rings is 2. The van der Waals surface area contributed by atoms with Crippen molar-refractivity contribution < 1.29 is 23.4 Å². The van der Waals surface area contributed by atoms with Gasteiger partial charge in [0, 0.05) is 53.3 Å². The highest BCUT2D eigenvalue weighted by atomic mass is 19.1. The molecule has 6 rings (SSSR count). The highest BCUT2D eigenvalue weighted by molar-refractivity contribution is 5.95. The minimum atomic E-state index is -0.943. The van der Waals surface area contributed by atoms with Crippen molar-refractivity contribution in [1.82, 2.24) is 15.0 Å². The van der Waals surface area contributed by atoms with Gasteiger partial charge < -0.3 is 20.6 Å². The Hall–Kier alpha value is -4.11. The van der Waals surface area contributed by atoms with E-state index in [0.717, 1.165) is 47.4 Å². The Morgan fingerprint density at radius 3 is 2.64 bits per heavy atom. The lowest BCUT2D eigenvalue weighted by molar-refractivity contribution is 0.0694. The summed E-state index contributed by atoms with van der Waals surface area (Å²) < 4.78 is 32.4. The van der Waals surface area contributed by atoms with E-state index in [1.54, 1.807) is 24.5 Å². The third-order valence-electron chi connectivity index (χ3n) is 6.86. The predicted molar refractivity (Wildman–Crippen MR) is 128 cm³/mol. The third kappa shape index (κ3) is 4.01. The van der Waals surface area contributed by atoms with E-state index in [2.05, 4.69) is 15.0 Å². The van der Waals surface area contributed by atoms with Crippen LogP contribution in [0.2, 0.25) is 0 Å². The number of fused-ring (bicyclic) bond motifs is 3. The summed E-state index contributed by atoms with van der Waals surface area (Å²) in [7, 11) is 0. The number of aromatic carboxylic acids is 1. The van der Waals surface area contributed by atoms with Crippen LogP contribution in [0.5, 0.6) is 11.6 Å². The van der Waals surface area contributed by atoms with E-state index in [4.69, 9.17) is 10.5 Å². The number of carboxylic acids is 1. The van der Waals surface area contributed by atoms with Crippen LogP contribution >= 0.6 is 0 Å². The molecule has 1 fully saturated rings. The third-order valence-corrected chi connectivity index (χ3v) is 6.86. The molecule has 36 heavy (non-hydrogen) atoms. The maximum atomic E-state index is 13.9. The fraction of sp³-hybridized carbons (Fsp3) is 0.222. The molecule has 0 unspecified atom stereocenters. The van der Waals surface area contributed by atoms with Crippen LogP contribution in [0.1, 0.15) is 40.0 Å². The molecule has 2 aliphatic carbocycles. The first-order valence-electron chi connectivity index (χ1n) is 11.6. The molecule has 2 aliphatic rings. The lowest BCUT2D eigenvalue weighted by Gasteiger charge is -2.17. The fourth-order valence-corrected chi connectivity index (χ4v) is 4.75. The zero-order chi connectivity index (χ0) is 25.0. The molecule has 182 valence electrons. The van der Waals surface area contributed by atoms with Crippen LogP contribution in [-0.2, 0) is 19.3 Å². The number of aryl methyl sites for hydroxylation is 1. The number of halogens is 2. The van der Waals surface area contributed by atoms with Gasteiger partial charge in [-0.05, 0) is 61.1 Å². The molecular weight excluding hydrogens is 466 g/mol. The van der Waals surface area contributed by atoms with Crippen LogP contribution in [0.15, 0.2) is 48.8 Å². The number of nitrogens with two attached hydrogens (primary N) is 1. The number of ether oxygens (including phenoxy) is 1. The van der Waals surface area contributed by atoms with Gasteiger partial charge in [-0.15, -0.1) is 0 Å². The number of rotatable bonds is 6. The fourth-order valence-electron chi connectivity index (χ4n) is 4.75. The molecule has 1 aromatic carbocycles. The molecule has 4 aromatic rings. The van der Waals surface area contributed by atoms with Gasteiger partial charge in [-0.1, -0.05) is 0 Å². The average Bonchev–Trinajstić information content (AvgIpc) is 3.46. The van der Waals surface area contributed by atoms with E-state index in [-0.39, 0.29) is 17.2 Å². The number of aromatic amines is 1. The van der Waals surface area contributed by atoms with Crippen LogP contribution in [0.4, 0.5) is 8.78 Å². The van der Waals surface area contributed by atoms with Gasteiger partial charge in [0.2, 0.25) is 5.88 Å². The van der Waals surface area contributed by atoms with Gasteiger partial charge in [-0.2, -0.15) is 0 Å². The summed E-state index contributed by atoms with van der Waals surface area (Å²) in [5.74, 6) is -2.42. The molecular formula is C27H22F2N4O3. The molecule has 7 nitrogen and oxygen atoms in total. The summed E-state index contributed by atoms with van der Waals surface area (Å²) in [4.78, 5) is 24.3. The number of carbonyl (C=O) groups is 1. The van der Waals surface area contributed by atoms with Gasteiger partial charge in [0.1, 0.15) is 5.82 Å². The number of hydrogen-bond acceptors (Lipinski definition) is 5. The van der Waals surface area contributed by atoms with Gasteiger partial charge in [-0.3, -0.25) is 4.98 Å². The van der Waals surface area contributed by atoms with Crippen molar-refractivity contribution in [2.45, 2.75) is 37.6 Å². The quantitative estimate of drug-likeness (QED) is 0.350. The van der Waals surface area contributed by atoms with Crippen LogP contribution in [0.3, 0.4) is 0 Å². The Balaban J connectivity index is 1.32. The molecule has 0 aliphatic heterocycles. The number of H-pyrrole nitrogens is 1.